The fourth-order valence-corrected chi connectivity index (χ4v) is 2.19. The fraction of sp³-hybridized carbons (Fsp3) is 0.588. The second kappa shape index (κ2) is 8.75. The van der Waals surface area contributed by atoms with Crippen LogP contribution in [0, 0.1) is 0 Å². The Balaban J connectivity index is 2.62. The number of rotatable bonds is 9. The predicted octanol–water partition coefficient (Wildman–Crippen LogP) is 3.78. The van der Waals surface area contributed by atoms with E-state index in [1.807, 2.05) is 38.1 Å². The molecule has 0 radical (unpaired) electrons. The molecule has 0 bridgehead atoms. The third kappa shape index (κ3) is 5.74. The third-order valence-electron chi connectivity index (χ3n) is 2.99. The monoisotopic (exact) mass is 277 g/mol. The first-order valence-electron chi connectivity index (χ1n) is 7.59. The van der Waals surface area contributed by atoms with Crippen molar-refractivity contribution in [2.45, 2.75) is 46.6 Å². The van der Waals surface area contributed by atoms with Crippen molar-refractivity contribution >= 4 is 5.78 Å². The molecule has 20 heavy (non-hydrogen) atoms. The first-order chi connectivity index (χ1) is 9.56. The molecular formula is C17H27NO2. The Morgan fingerprint density at radius 3 is 2.10 bits per heavy atom. The number of carbonyl (C=O) groups is 1. The van der Waals surface area contributed by atoms with Crippen LogP contribution in [0.1, 0.15) is 50.9 Å². The first-order valence-corrected chi connectivity index (χ1v) is 7.59. The lowest BCUT2D eigenvalue weighted by molar-refractivity contribution is 0.0930. The van der Waals surface area contributed by atoms with Gasteiger partial charge in [-0.25, -0.2) is 0 Å². The van der Waals surface area contributed by atoms with Crippen LogP contribution in [0.3, 0.4) is 0 Å². The van der Waals surface area contributed by atoms with Crippen LogP contribution in [0.15, 0.2) is 24.3 Å². The van der Waals surface area contributed by atoms with Gasteiger partial charge in [0.2, 0.25) is 0 Å². The summed E-state index contributed by atoms with van der Waals surface area (Å²) >= 11 is 0. The van der Waals surface area contributed by atoms with E-state index < -0.39 is 0 Å². The molecule has 1 aromatic rings. The summed E-state index contributed by atoms with van der Waals surface area (Å²) in [5, 5.41) is 0. The molecule has 0 aliphatic carbocycles. The zero-order valence-electron chi connectivity index (χ0n) is 13.2. The lowest BCUT2D eigenvalue weighted by atomic mass is 10.1. The summed E-state index contributed by atoms with van der Waals surface area (Å²) in [5.41, 5.74) is 0.762. The number of hydrogen-bond acceptors (Lipinski definition) is 3. The van der Waals surface area contributed by atoms with Crippen molar-refractivity contribution in [1.82, 2.24) is 4.90 Å². The number of hydrogen-bond donors (Lipinski definition) is 0. The van der Waals surface area contributed by atoms with Gasteiger partial charge in [-0.1, -0.05) is 13.8 Å². The summed E-state index contributed by atoms with van der Waals surface area (Å²) in [6, 6.07) is 7.46. The SMILES string of the molecule is CCCN(CCC)CC(=O)c1ccc(OC(C)C)cc1. The molecule has 0 saturated carbocycles. The van der Waals surface area contributed by atoms with Gasteiger partial charge in [0.25, 0.3) is 0 Å². The first kappa shape index (κ1) is 16.7. The van der Waals surface area contributed by atoms with Crippen molar-refractivity contribution in [3.63, 3.8) is 0 Å². The van der Waals surface area contributed by atoms with Crippen LogP contribution in [0.4, 0.5) is 0 Å². The molecular weight excluding hydrogens is 250 g/mol. The topological polar surface area (TPSA) is 29.5 Å². The molecule has 0 unspecified atom stereocenters. The van der Waals surface area contributed by atoms with Gasteiger partial charge in [0, 0.05) is 5.56 Å². The van der Waals surface area contributed by atoms with Crippen molar-refractivity contribution in [2.24, 2.45) is 0 Å². The second-order valence-electron chi connectivity index (χ2n) is 5.39. The molecule has 0 fully saturated rings. The van der Waals surface area contributed by atoms with Crippen molar-refractivity contribution in [1.29, 1.82) is 0 Å². The largest absolute Gasteiger partial charge is 0.491 e. The Bertz CT molecular complexity index is 392. The highest BCUT2D eigenvalue weighted by Crippen LogP contribution is 2.14. The maximum atomic E-state index is 12.3. The Kier molecular flexibility index (Phi) is 7.31. The molecule has 0 atom stereocenters. The van der Waals surface area contributed by atoms with E-state index in [0.29, 0.717) is 6.54 Å². The van der Waals surface area contributed by atoms with Crippen molar-refractivity contribution in [3.05, 3.63) is 29.8 Å². The average Bonchev–Trinajstić information content (AvgIpc) is 2.39. The minimum Gasteiger partial charge on any atom is -0.491 e. The van der Waals surface area contributed by atoms with Crippen molar-refractivity contribution < 1.29 is 9.53 Å². The van der Waals surface area contributed by atoms with Gasteiger partial charge in [-0.2, -0.15) is 0 Å². The van der Waals surface area contributed by atoms with E-state index in [-0.39, 0.29) is 11.9 Å². The van der Waals surface area contributed by atoms with E-state index in [1.165, 1.54) is 0 Å². The van der Waals surface area contributed by atoms with Gasteiger partial charge in [-0.05, 0) is 64.0 Å². The van der Waals surface area contributed by atoms with Crippen molar-refractivity contribution in [3.8, 4) is 5.75 Å². The summed E-state index contributed by atoms with van der Waals surface area (Å²) in [6.07, 6.45) is 2.31. The Morgan fingerprint density at radius 1 is 1.10 bits per heavy atom. The smallest absolute Gasteiger partial charge is 0.176 e. The molecule has 1 rings (SSSR count). The summed E-state index contributed by atoms with van der Waals surface area (Å²) in [6.45, 7) is 10.7. The van der Waals surface area contributed by atoms with Crippen LogP contribution < -0.4 is 4.74 Å². The molecule has 0 saturated heterocycles. The van der Waals surface area contributed by atoms with Crippen LogP contribution >= 0.6 is 0 Å². The maximum Gasteiger partial charge on any atom is 0.176 e. The zero-order valence-corrected chi connectivity index (χ0v) is 13.2. The Labute approximate surface area is 122 Å². The normalized spacial score (nSPS) is 11.1. The summed E-state index contributed by atoms with van der Waals surface area (Å²) in [7, 11) is 0. The van der Waals surface area contributed by atoms with Crippen molar-refractivity contribution in [2.75, 3.05) is 19.6 Å². The van der Waals surface area contributed by atoms with Gasteiger partial charge in [-0.3, -0.25) is 9.69 Å². The summed E-state index contributed by atoms with van der Waals surface area (Å²) in [5.74, 6) is 0.999. The van der Waals surface area contributed by atoms with E-state index in [2.05, 4.69) is 18.7 Å². The van der Waals surface area contributed by atoms with Crippen LogP contribution in [0.5, 0.6) is 5.75 Å². The highest BCUT2D eigenvalue weighted by atomic mass is 16.5. The Hall–Kier alpha value is -1.35. The number of Topliss-reactive ketones (excluding diaryl/α,β-unsaturated/α-hetero) is 1. The molecule has 0 aromatic heterocycles. The maximum absolute atomic E-state index is 12.3. The lowest BCUT2D eigenvalue weighted by Crippen LogP contribution is -2.31. The number of carbonyl (C=O) groups excluding carboxylic acids is 1. The average molecular weight is 277 g/mol. The summed E-state index contributed by atoms with van der Waals surface area (Å²) < 4.78 is 5.59. The number of ether oxygens (including phenoxy) is 1. The predicted molar refractivity (Wildman–Crippen MR) is 83.6 cm³/mol. The molecule has 0 heterocycles. The number of ketones is 1. The fourth-order valence-electron chi connectivity index (χ4n) is 2.19. The molecule has 0 amide bonds. The molecule has 3 heteroatoms. The second-order valence-corrected chi connectivity index (χ2v) is 5.39. The van der Waals surface area contributed by atoms with Gasteiger partial charge < -0.3 is 4.74 Å². The molecule has 3 nitrogen and oxygen atoms in total. The number of nitrogens with zero attached hydrogens (tertiary/aromatic N) is 1. The van der Waals surface area contributed by atoms with Gasteiger partial charge in [0.05, 0.1) is 12.6 Å². The molecule has 112 valence electrons. The van der Waals surface area contributed by atoms with Crippen LogP contribution in [-0.2, 0) is 0 Å². The van der Waals surface area contributed by atoms with Crippen LogP contribution in [0.2, 0.25) is 0 Å². The highest BCUT2D eigenvalue weighted by Gasteiger charge is 2.11. The van der Waals surface area contributed by atoms with E-state index in [1.54, 1.807) is 0 Å². The van der Waals surface area contributed by atoms with Gasteiger partial charge >= 0.3 is 0 Å². The standard InChI is InChI=1S/C17H27NO2/c1-5-11-18(12-6-2)13-17(19)15-7-9-16(10-8-15)20-14(3)4/h7-10,14H,5-6,11-13H2,1-4H3. The minimum absolute atomic E-state index is 0.154. The highest BCUT2D eigenvalue weighted by molar-refractivity contribution is 5.97. The molecule has 0 spiro atoms. The molecule has 0 N–H and O–H groups in total. The van der Waals surface area contributed by atoms with E-state index >= 15 is 0 Å². The third-order valence-corrected chi connectivity index (χ3v) is 2.99. The number of benzene rings is 1. The van der Waals surface area contributed by atoms with Crippen LogP contribution in [-0.4, -0.2) is 36.4 Å². The Morgan fingerprint density at radius 2 is 1.65 bits per heavy atom. The lowest BCUT2D eigenvalue weighted by Gasteiger charge is -2.20. The van der Waals surface area contributed by atoms with Gasteiger partial charge in [0.15, 0.2) is 5.78 Å². The molecule has 0 aliphatic rings. The quantitative estimate of drug-likeness (QED) is 0.643. The van der Waals surface area contributed by atoms with E-state index in [9.17, 15) is 4.79 Å². The molecule has 0 aliphatic heterocycles. The molecule has 1 aromatic carbocycles. The summed E-state index contributed by atoms with van der Waals surface area (Å²) in [4.78, 5) is 14.5. The zero-order chi connectivity index (χ0) is 15.0. The van der Waals surface area contributed by atoms with Crippen LogP contribution in [0.25, 0.3) is 0 Å². The van der Waals surface area contributed by atoms with E-state index in [4.69, 9.17) is 4.74 Å². The van der Waals surface area contributed by atoms with Gasteiger partial charge in [0.1, 0.15) is 5.75 Å². The van der Waals surface area contributed by atoms with Gasteiger partial charge in [-0.15, -0.1) is 0 Å². The van der Waals surface area contributed by atoms with E-state index in [0.717, 1.165) is 37.2 Å². The minimum atomic E-state index is 0.154.